The third kappa shape index (κ3) is 3.32. The summed E-state index contributed by atoms with van der Waals surface area (Å²) in [5.74, 6) is 1.32. The summed E-state index contributed by atoms with van der Waals surface area (Å²) in [6, 6.07) is 13.6. The fraction of sp³-hybridized carbons (Fsp3) is 0.300. The molecule has 0 fully saturated rings. The van der Waals surface area contributed by atoms with Gasteiger partial charge in [0, 0.05) is 5.39 Å². The van der Waals surface area contributed by atoms with E-state index in [0.717, 1.165) is 11.1 Å². The molecular formula is C20H22N2O2. The summed E-state index contributed by atoms with van der Waals surface area (Å²) >= 11 is 0. The van der Waals surface area contributed by atoms with Gasteiger partial charge in [0.05, 0.1) is 18.1 Å². The lowest BCUT2D eigenvalue weighted by Crippen LogP contribution is -2.25. The van der Waals surface area contributed by atoms with E-state index in [1.165, 1.54) is 15.8 Å². The van der Waals surface area contributed by atoms with Crippen molar-refractivity contribution in [2.24, 2.45) is 0 Å². The van der Waals surface area contributed by atoms with Gasteiger partial charge in [-0.05, 0) is 42.2 Å². The Bertz CT molecular complexity index is 913. The van der Waals surface area contributed by atoms with E-state index in [2.05, 4.69) is 31.9 Å². The first-order valence-corrected chi connectivity index (χ1v) is 8.24. The highest BCUT2D eigenvalue weighted by Gasteiger charge is 2.06. The van der Waals surface area contributed by atoms with Gasteiger partial charge in [-0.1, -0.05) is 38.1 Å². The van der Waals surface area contributed by atoms with Gasteiger partial charge in [0.15, 0.2) is 0 Å². The summed E-state index contributed by atoms with van der Waals surface area (Å²) in [6.45, 7) is 7.29. The van der Waals surface area contributed by atoms with Crippen molar-refractivity contribution in [1.82, 2.24) is 9.78 Å². The molecule has 0 unspecified atom stereocenters. The molecule has 0 saturated heterocycles. The summed E-state index contributed by atoms with van der Waals surface area (Å²) in [4.78, 5) is 12.4. The Hall–Kier alpha value is -2.62. The first-order chi connectivity index (χ1) is 11.6. The van der Waals surface area contributed by atoms with Crippen molar-refractivity contribution in [1.29, 1.82) is 0 Å². The van der Waals surface area contributed by atoms with E-state index in [4.69, 9.17) is 4.74 Å². The predicted octanol–water partition coefficient (Wildman–Crippen LogP) is 3.91. The number of ether oxygens (including phenoxy) is 1. The smallest absolute Gasteiger partial charge is 0.274 e. The van der Waals surface area contributed by atoms with Crippen LogP contribution in [0.25, 0.3) is 10.8 Å². The van der Waals surface area contributed by atoms with Crippen LogP contribution in [-0.2, 0) is 6.54 Å². The highest BCUT2D eigenvalue weighted by molar-refractivity contribution is 5.80. The van der Waals surface area contributed by atoms with Gasteiger partial charge in [-0.25, -0.2) is 4.68 Å². The van der Waals surface area contributed by atoms with Crippen LogP contribution in [0.5, 0.6) is 5.75 Å². The van der Waals surface area contributed by atoms with E-state index in [9.17, 15) is 4.79 Å². The van der Waals surface area contributed by atoms with Crippen molar-refractivity contribution in [3.05, 3.63) is 70.1 Å². The van der Waals surface area contributed by atoms with Gasteiger partial charge in [-0.15, -0.1) is 0 Å². The summed E-state index contributed by atoms with van der Waals surface area (Å²) in [5, 5.41) is 5.76. The second-order valence-corrected chi connectivity index (χ2v) is 6.28. The van der Waals surface area contributed by atoms with Crippen LogP contribution in [0.1, 0.15) is 30.9 Å². The Morgan fingerprint density at radius 1 is 1.17 bits per heavy atom. The normalized spacial score (nSPS) is 11.2. The van der Waals surface area contributed by atoms with Crippen LogP contribution in [0.2, 0.25) is 0 Å². The Morgan fingerprint density at radius 2 is 1.96 bits per heavy atom. The molecule has 0 N–H and O–H groups in total. The van der Waals surface area contributed by atoms with Gasteiger partial charge in [-0.2, -0.15) is 5.10 Å². The van der Waals surface area contributed by atoms with E-state index in [0.29, 0.717) is 24.5 Å². The average Bonchev–Trinajstić information content (AvgIpc) is 2.57. The fourth-order valence-electron chi connectivity index (χ4n) is 2.92. The summed E-state index contributed by atoms with van der Waals surface area (Å²) in [5.41, 5.74) is 2.47. The maximum absolute atomic E-state index is 12.4. The molecule has 0 radical (unpaired) electrons. The van der Waals surface area contributed by atoms with Gasteiger partial charge < -0.3 is 4.74 Å². The first kappa shape index (κ1) is 16.2. The molecule has 0 bridgehead atoms. The van der Waals surface area contributed by atoms with Crippen LogP contribution >= 0.6 is 0 Å². The van der Waals surface area contributed by atoms with Crippen LogP contribution in [0.4, 0.5) is 0 Å². The monoisotopic (exact) mass is 322 g/mol. The maximum Gasteiger partial charge on any atom is 0.274 e. The molecule has 0 aliphatic carbocycles. The SMILES string of the molecule is Cc1cc(OCCn2ncc3ccccc3c2=O)ccc1C(C)C. The van der Waals surface area contributed by atoms with Gasteiger partial charge in [0.1, 0.15) is 12.4 Å². The Labute approximate surface area is 141 Å². The number of fused-ring (bicyclic) bond motifs is 1. The zero-order chi connectivity index (χ0) is 17.1. The molecule has 1 heterocycles. The minimum Gasteiger partial charge on any atom is -0.492 e. The second-order valence-electron chi connectivity index (χ2n) is 6.28. The van der Waals surface area contributed by atoms with Crippen LogP contribution in [0.3, 0.4) is 0 Å². The van der Waals surface area contributed by atoms with Crippen LogP contribution in [0.15, 0.2) is 53.5 Å². The number of aryl methyl sites for hydroxylation is 1. The molecule has 0 spiro atoms. The Balaban J connectivity index is 1.70. The highest BCUT2D eigenvalue weighted by Crippen LogP contribution is 2.23. The summed E-state index contributed by atoms with van der Waals surface area (Å²) < 4.78 is 7.25. The van der Waals surface area contributed by atoms with E-state index >= 15 is 0 Å². The standard InChI is InChI=1S/C20H22N2O2/c1-14(2)18-9-8-17(12-15(18)3)24-11-10-22-20(23)19-7-5-4-6-16(19)13-21-22/h4-9,12-14H,10-11H2,1-3H3. The zero-order valence-corrected chi connectivity index (χ0v) is 14.3. The molecular weight excluding hydrogens is 300 g/mol. The van der Waals surface area contributed by atoms with Crippen LogP contribution < -0.4 is 10.3 Å². The number of nitrogens with zero attached hydrogens (tertiary/aromatic N) is 2. The molecule has 2 aromatic carbocycles. The molecule has 4 heteroatoms. The zero-order valence-electron chi connectivity index (χ0n) is 14.3. The third-order valence-corrected chi connectivity index (χ3v) is 4.20. The van der Waals surface area contributed by atoms with Crippen LogP contribution in [0, 0.1) is 6.92 Å². The minimum absolute atomic E-state index is 0.0805. The Kier molecular flexibility index (Phi) is 4.65. The number of hydrogen-bond donors (Lipinski definition) is 0. The molecule has 0 amide bonds. The van der Waals surface area contributed by atoms with Gasteiger partial charge in [0.2, 0.25) is 0 Å². The van der Waals surface area contributed by atoms with E-state index < -0.39 is 0 Å². The van der Waals surface area contributed by atoms with Crippen molar-refractivity contribution < 1.29 is 4.74 Å². The van der Waals surface area contributed by atoms with Crippen molar-refractivity contribution in [2.75, 3.05) is 6.61 Å². The lowest BCUT2D eigenvalue weighted by atomic mass is 9.98. The number of hydrogen-bond acceptors (Lipinski definition) is 3. The molecule has 0 saturated carbocycles. The molecule has 124 valence electrons. The van der Waals surface area contributed by atoms with Crippen molar-refractivity contribution in [3.63, 3.8) is 0 Å². The maximum atomic E-state index is 12.4. The highest BCUT2D eigenvalue weighted by atomic mass is 16.5. The minimum atomic E-state index is -0.0805. The molecule has 0 aliphatic heterocycles. The van der Waals surface area contributed by atoms with Crippen LogP contribution in [-0.4, -0.2) is 16.4 Å². The largest absolute Gasteiger partial charge is 0.492 e. The van der Waals surface area contributed by atoms with Crippen molar-refractivity contribution >= 4 is 10.8 Å². The lowest BCUT2D eigenvalue weighted by molar-refractivity contribution is 0.288. The van der Waals surface area contributed by atoms with Crippen molar-refractivity contribution in [3.8, 4) is 5.75 Å². The quantitative estimate of drug-likeness (QED) is 0.715. The topological polar surface area (TPSA) is 44.1 Å². The molecule has 3 rings (SSSR count). The van der Waals surface area contributed by atoms with E-state index in [1.807, 2.05) is 36.4 Å². The average molecular weight is 322 g/mol. The third-order valence-electron chi connectivity index (χ3n) is 4.20. The van der Waals surface area contributed by atoms with Gasteiger partial charge >= 0.3 is 0 Å². The molecule has 24 heavy (non-hydrogen) atoms. The van der Waals surface area contributed by atoms with E-state index in [-0.39, 0.29) is 5.56 Å². The molecule has 0 atom stereocenters. The van der Waals surface area contributed by atoms with Gasteiger partial charge in [-0.3, -0.25) is 4.79 Å². The summed E-state index contributed by atoms with van der Waals surface area (Å²) in [6.07, 6.45) is 1.72. The molecule has 3 aromatic rings. The fourth-order valence-corrected chi connectivity index (χ4v) is 2.92. The number of benzene rings is 2. The lowest BCUT2D eigenvalue weighted by Gasteiger charge is -2.13. The number of rotatable bonds is 5. The molecule has 4 nitrogen and oxygen atoms in total. The van der Waals surface area contributed by atoms with Crippen molar-refractivity contribution in [2.45, 2.75) is 33.2 Å². The molecule has 1 aromatic heterocycles. The van der Waals surface area contributed by atoms with E-state index in [1.54, 1.807) is 6.20 Å². The molecule has 0 aliphatic rings. The van der Waals surface area contributed by atoms with Gasteiger partial charge in [0.25, 0.3) is 5.56 Å². The predicted molar refractivity (Wildman–Crippen MR) is 96.8 cm³/mol. The Morgan fingerprint density at radius 3 is 2.71 bits per heavy atom. The number of aromatic nitrogens is 2. The summed E-state index contributed by atoms with van der Waals surface area (Å²) in [7, 11) is 0. The first-order valence-electron chi connectivity index (χ1n) is 8.24. The second kappa shape index (κ2) is 6.87.